The van der Waals surface area contributed by atoms with Gasteiger partial charge < -0.3 is 109 Å². The molecule has 492 valence electrons. The zero-order valence-electron chi connectivity index (χ0n) is 48.6. The van der Waals surface area contributed by atoms with Crippen LogP contribution in [0, 0.1) is 0 Å². The van der Waals surface area contributed by atoms with Crippen molar-refractivity contribution in [2.45, 2.75) is 133 Å². The number of ketones is 1. The largest absolute Gasteiger partial charge is 0.479 e. The smallest absolute Gasteiger partial charge is 0.373 e. The fraction of sp³-hybridized carbons (Fsp3) is 0.618. The summed E-state index contributed by atoms with van der Waals surface area (Å²) < 4.78 is 53.9. The van der Waals surface area contributed by atoms with Gasteiger partial charge in [0.15, 0.2) is 11.9 Å². The molecule has 2 saturated heterocycles. The van der Waals surface area contributed by atoms with Gasteiger partial charge in [-0.2, -0.15) is 9.59 Å². The number of benzene rings is 2. The minimum Gasteiger partial charge on any atom is -0.479 e. The van der Waals surface area contributed by atoms with Crippen LogP contribution < -0.4 is 36.6 Å². The van der Waals surface area contributed by atoms with Gasteiger partial charge in [-0.15, -0.1) is 0 Å². The molecule has 33 nitrogen and oxygen atoms in total. The number of esters is 2. The Morgan fingerprint density at radius 2 is 1.09 bits per heavy atom. The maximum Gasteiger partial charge on any atom is 0.373 e. The predicted octanol–water partition coefficient (Wildman–Crippen LogP) is -3.66. The number of hydrogen-bond donors (Lipinski definition) is 12. The highest BCUT2D eigenvalue weighted by Gasteiger charge is 2.48. The Labute approximate surface area is 504 Å². The van der Waals surface area contributed by atoms with Crippen LogP contribution in [0.1, 0.15) is 90.6 Å². The van der Waals surface area contributed by atoms with Crippen LogP contribution in [-0.4, -0.2) is 236 Å². The minimum atomic E-state index is -1.96. The summed E-state index contributed by atoms with van der Waals surface area (Å²) in [5.41, 5.74) is 0.713. The van der Waals surface area contributed by atoms with Crippen molar-refractivity contribution in [3.05, 3.63) is 58.7 Å². The summed E-state index contributed by atoms with van der Waals surface area (Å²) in [6.07, 6.45) is -13.5. The second-order valence-electron chi connectivity index (χ2n) is 19.4. The molecule has 88 heavy (non-hydrogen) atoms. The van der Waals surface area contributed by atoms with Gasteiger partial charge in [-0.1, -0.05) is 12.1 Å². The Morgan fingerprint density at radius 3 is 1.60 bits per heavy atom. The van der Waals surface area contributed by atoms with Crippen molar-refractivity contribution >= 4 is 53.5 Å². The summed E-state index contributed by atoms with van der Waals surface area (Å²) in [5.74, 6) is -0.0519. The molecule has 4 rings (SSSR count). The molecule has 0 radical (unpaired) electrons. The van der Waals surface area contributed by atoms with Crippen LogP contribution in [0.15, 0.2) is 36.4 Å². The summed E-state index contributed by atoms with van der Waals surface area (Å²) in [5, 5.41) is 81.0. The number of carbonyl (C=O) groups is 8. The van der Waals surface area contributed by atoms with Gasteiger partial charge in [0.1, 0.15) is 61.3 Å². The van der Waals surface area contributed by atoms with Crippen molar-refractivity contribution in [2.75, 3.05) is 85.7 Å². The van der Waals surface area contributed by atoms with Crippen molar-refractivity contribution in [1.82, 2.24) is 21.3 Å². The van der Waals surface area contributed by atoms with E-state index in [0.29, 0.717) is 43.4 Å². The van der Waals surface area contributed by atoms with Crippen molar-refractivity contribution in [1.29, 1.82) is 0 Å². The molecule has 10 atom stereocenters. The van der Waals surface area contributed by atoms with Gasteiger partial charge in [0.2, 0.25) is 24.4 Å². The van der Waals surface area contributed by atoms with E-state index in [1.165, 1.54) is 50.2 Å². The van der Waals surface area contributed by atoms with Gasteiger partial charge in [-0.3, -0.25) is 33.6 Å². The molecule has 2 aliphatic rings. The zero-order chi connectivity index (χ0) is 65.0. The standard InChI is InChI=1S/C54H79N5O26.CO2/c1-31(60)79-28-33-8-10-40(83-53-47(69)44(66)39(63)30-81-53)35(26-33)50(71)57-15-20-78-25-23-76-19-13-43(65)59-37(38(62)7-5-17-82-55)6-3-4-14-56-42(64)12-18-75-22-24-77-21-16-58-51(72)36-27-34(29-80-32(2)61)9-11-41(36)84-54-48(70)45(67)46(68)49(85-54)52(73)74;2-1-3/h8-11,26-27,37,39,44-49,53-54,63,66-70H,3-7,12-25,28-30,55H2,1-2H3,(H,56,64)(H,57,71)(H,58,72)(H,59,65)(H,73,74);/t37-,39+,44-,45-,46-,47+,48+,49-,53-,54+;/m0./s1. The predicted molar refractivity (Wildman–Crippen MR) is 293 cm³/mol. The maximum absolute atomic E-state index is 13.3. The van der Waals surface area contributed by atoms with E-state index in [0.717, 1.165) is 0 Å². The molecular formula is C55H79N5O28. The molecule has 0 aromatic heterocycles. The Balaban J connectivity index is 0.00000661. The van der Waals surface area contributed by atoms with Crippen LogP contribution >= 0.6 is 0 Å². The molecule has 2 heterocycles. The number of carboxylic acid groups (broad SMARTS) is 1. The number of carboxylic acids is 1. The molecule has 2 aromatic rings. The lowest BCUT2D eigenvalue weighted by molar-refractivity contribution is -0.271. The average molecular weight is 1260 g/mol. The molecule has 33 heteroatoms. The highest BCUT2D eigenvalue weighted by Crippen LogP contribution is 2.29. The fourth-order valence-electron chi connectivity index (χ4n) is 8.06. The second-order valence-corrected chi connectivity index (χ2v) is 19.4. The molecule has 0 bridgehead atoms. The SMILES string of the molecule is CC(=O)OCc1ccc(O[C@@H]2O[C@H](C(=O)O)[C@@H](O)[C@H](O)[C@H]2O)c(C(=O)NCCOCCOCCC(=O)NCCCC[C@H](NC(=O)CCOCCOCCNC(=O)c2cc(COC(C)=O)ccc2O[C@@H]2OC[C@@H](O)[C@H](O)[C@H]2O)C(=O)CCCON)c1.O=C=O. The Bertz CT molecular complexity index is 2550. The number of unbranched alkanes of at least 4 members (excludes halogenated alkanes) is 1. The van der Waals surface area contributed by atoms with E-state index in [-0.39, 0.29) is 152 Å². The second kappa shape index (κ2) is 41.9. The lowest BCUT2D eigenvalue weighted by atomic mass is 9.99. The normalized spacial score (nSPS) is 20.8. The van der Waals surface area contributed by atoms with Crippen LogP contribution in [0.5, 0.6) is 11.5 Å². The quantitative estimate of drug-likeness (QED) is 0.0174. The lowest BCUT2D eigenvalue weighted by Gasteiger charge is -2.38. The Morgan fingerprint density at radius 1 is 0.591 bits per heavy atom. The van der Waals surface area contributed by atoms with E-state index in [2.05, 4.69) is 26.1 Å². The summed E-state index contributed by atoms with van der Waals surface area (Å²) in [6.45, 7) is 2.91. The third kappa shape index (κ3) is 27.9. The topological polar surface area (TPSA) is 488 Å². The average Bonchev–Trinajstić information content (AvgIpc) is 2.26. The summed E-state index contributed by atoms with van der Waals surface area (Å²) in [4.78, 5) is 120. The van der Waals surface area contributed by atoms with Gasteiger partial charge >= 0.3 is 24.1 Å². The van der Waals surface area contributed by atoms with Crippen molar-refractivity contribution in [3.8, 4) is 11.5 Å². The van der Waals surface area contributed by atoms with Crippen LogP contribution in [-0.2, 0) is 94.3 Å². The first-order valence-corrected chi connectivity index (χ1v) is 27.8. The third-order valence-corrected chi connectivity index (χ3v) is 12.6. The van der Waals surface area contributed by atoms with Crippen LogP contribution in [0.3, 0.4) is 0 Å². The first-order chi connectivity index (χ1) is 42.1. The Hall–Kier alpha value is -7.18. The van der Waals surface area contributed by atoms with E-state index < -0.39 is 97.0 Å². The molecule has 4 amide bonds. The third-order valence-electron chi connectivity index (χ3n) is 12.6. The van der Waals surface area contributed by atoms with Crippen LogP contribution in [0.25, 0.3) is 0 Å². The number of amides is 4. The van der Waals surface area contributed by atoms with Gasteiger partial charge in [0.25, 0.3) is 11.8 Å². The van der Waals surface area contributed by atoms with E-state index in [9.17, 15) is 74.1 Å². The fourth-order valence-corrected chi connectivity index (χ4v) is 8.06. The lowest BCUT2D eigenvalue weighted by Crippen LogP contribution is -2.61. The summed E-state index contributed by atoms with van der Waals surface area (Å²) >= 11 is 0. The van der Waals surface area contributed by atoms with E-state index in [1.54, 1.807) is 0 Å². The van der Waals surface area contributed by atoms with Gasteiger partial charge in [-0.05, 0) is 61.1 Å². The molecule has 2 aromatic carbocycles. The van der Waals surface area contributed by atoms with E-state index in [1.807, 2.05) is 0 Å². The molecule has 2 fully saturated rings. The van der Waals surface area contributed by atoms with E-state index in [4.69, 9.17) is 62.9 Å². The molecule has 0 saturated carbocycles. The molecule has 2 aliphatic heterocycles. The van der Waals surface area contributed by atoms with Crippen LogP contribution in [0.4, 0.5) is 0 Å². The number of ether oxygens (including phenoxy) is 10. The van der Waals surface area contributed by atoms with Gasteiger partial charge in [0, 0.05) is 52.7 Å². The monoisotopic (exact) mass is 1260 g/mol. The first-order valence-electron chi connectivity index (χ1n) is 27.8. The highest BCUT2D eigenvalue weighted by atomic mass is 16.7. The number of hydrogen-bond acceptors (Lipinski definition) is 28. The Kier molecular flexibility index (Phi) is 35.7. The first kappa shape index (κ1) is 75.1. The summed E-state index contributed by atoms with van der Waals surface area (Å²) in [7, 11) is 0. The molecule has 13 N–H and O–H groups in total. The molecule has 0 spiro atoms. The zero-order valence-corrected chi connectivity index (χ0v) is 48.6. The molecular weight excluding hydrogens is 1180 g/mol. The number of Topliss-reactive ketones (excluding diaryl/α,β-unsaturated/α-hetero) is 1. The molecule has 0 aliphatic carbocycles. The maximum atomic E-state index is 13.3. The van der Waals surface area contributed by atoms with Gasteiger partial charge in [-0.25, -0.2) is 10.7 Å². The molecule has 0 unspecified atom stereocenters. The van der Waals surface area contributed by atoms with Crippen molar-refractivity contribution in [2.24, 2.45) is 5.90 Å². The minimum absolute atomic E-state index is 0.00341. The number of aliphatic carboxylic acids is 1. The number of aliphatic hydroxyl groups excluding tert-OH is 6. The number of aliphatic hydroxyl groups is 6. The van der Waals surface area contributed by atoms with Crippen LogP contribution in [0.2, 0.25) is 0 Å². The highest BCUT2D eigenvalue weighted by molar-refractivity contribution is 5.98. The van der Waals surface area contributed by atoms with E-state index >= 15 is 0 Å². The van der Waals surface area contributed by atoms with Crippen molar-refractivity contribution in [3.63, 3.8) is 0 Å². The van der Waals surface area contributed by atoms with Gasteiger partial charge in [0.05, 0.1) is 83.2 Å². The van der Waals surface area contributed by atoms with Crippen molar-refractivity contribution < 1.29 is 136 Å². The number of carbonyl (C=O) groups excluding carboxylic acids is 9. The number of nitrogens with two attached hydrogens (primary N) is 1. The number of rotatable bonds is 40. The summed E-state index contributed by atoms with van der Waals surface area (Å²) in [6, 6.07) is 7.64. The number of nitrogens with one attached hydrogen (secondary N) is 4.